The smallest absolute Gasteiger partial charge is 0.200 e. The topological polar surface area (TPSA) is 9.23 Å². The van der Waals surface area contributed by atoms with Gasteiger partial charge in [-0.2, -0.15) is 4.39 Å². The van der Waals surface area contributed by atoms with E-state index in [1.165, 1.54) is 23.8 Å². The molecule has 5 heteroatoms. The first-order valence-corrected chi connectivity index (χ1v) is 11.3. The van der Waals surface area contributed by atoms with E-state index in [-0.39, 0.29) is 23.8 Å². The van der Waals surface area contributed by atoms with Gasteiger partial charge in [0.1, 0.15) is 0 Å². The van der Waals surface area contributed by atoms with E-state index in [4.69, 9.17) is 4.74 Å². The Hall–Kier alpha value is -3.08. The Kier molecular flexibility index (Phi) is 7.17. The first-order chi connectivity index (χ1) is 16.0. The zero-order valence-corrected chi connectivity index (χ0v) is 18.5. The zero-order valence-electron chi connectivity index (χ0n) is 18.5. The fourth-order valence-corrected chi connectivity index (χ4v) is 4.58. The molecule has 0 amide bonds. The molecule has 0 unspecified atom stereocenters. The van der Waals surface area contributed by atoms with Crippen molar-refractivity contribution in [3.05, 3.63) is 100 Å². The highest BCUT2D eigenvalue weighted by atomic mass is 19.2. The van der Waals surface area contributed by atoms with Crippen molar-refractivity contribution in [3.8, 4) is 5.75 Å². The molecule has 172 valence electrons. The third-order valence-electron chi connectivity index (χ3n) is 6.39. The average molecular weight is 455 g/mol. The van der Waals surface area contributed by atoms with Gasteiger partial charge in [-0.3, -0.25) is 0 Å². The SMILES string of the molecule is CCOc1ccc(C2CCC(c3ccc(/C=C/c4cccc(F)c4F)cc3)CC2)c(F)c1F. The molecule has 0 aliphatic heterocycles. The minimum Gasteiger partial charge on any atom is -0.491 e. The second kappa shape index (κ2) is 10.2. The lowest BCUT2D eigenvalue weighted by Crippen LogP contribution is -2.14. The van der Waals surface area contributed by atoms with Crippen molar-refractivity contribution in [2.24, 2.45) is 0 Å². The largest absolute Gasteiger partial charge is 0.491 e. The fraction of sp³-hybridized carbons (Fsp3) is 0.286. The van der Waals surface area contributed by atoms with Gasteiger partial charge < -0.3 is 4.74 Å². The summed E-state index contributed by atoms with van der Waals surface area (Å²) < 4.78 is 61.1. The van der Waals surface area contributed by atoms with Crippen LogP contribution in [0.3, 0.4) is 0 Å². The minimum atomic E-state index is -0.904. The van der Waals surface area contributed by atoms with Crippen LogP contribution in [-0.2, 0) is 0 Å². The second-order valence-electron chi connectivity index (χ2n) is 8.41. The maximum atomic E-state index is 14.6. The molecule has 1 nitrogen and oxygen atoms in total. The summed E-state index contributed by atoms with van der Waals surface area (Å²) in [5.74, 6) is -3.11. The van der Waals surface area contributed by atoms with E-state index < -0.39 is 23.3 Å². The zero-order chi connectivity index (χ0) is 23.4. The van der Waals surface area contributed by atoms with Crippen LogP contribution in [0.1, 0.15) is 66.7 Å². The van der Waals surface area contributed by atoms with Crippen LogP contribution in [0.15, 0.2) is 54.6 Å². The summed E-state index contributed by atoms with van der Waals surface area (Å²) in [7, 11) is 0. The van der Waals surface area contributed by atoms with Crippen LogP contribution in [-0.4, -0.2) is 6.61 Å². The van der Waals surface area contributed by atoms with E-state index in [1.807, 2.05) is 24.3 Å². The predicted octanol–water partition coefficient (Wildman–Crippen LogP) is 8.25. The lowest BCUT2D eigenvalue weighted by Gasteiger charge is -2.29. The summed E-state index contributed by atoms with van der Waals surface area (Å²) in [5.41, 5.74) is 2.72. The van der Waals surface area contributed by atoms with Gasteiger partial charge in [0.2, 0.25) is 5.82 Å². The number of hydrogen-bond donors (Lipinski definition) is 0. The van der Waals surface area contributed by atoms with Crippen LogP contribution in [0.5, 0.6) is 5.75 Å². The average Bonchev–Trinajstić information content (AvgIpc) is 2.84. The molecule has 0 N–H and O–H groups in total. The Morgan fingerprint density at radius 2 is 1.45 bits per heavy atom. The van der Waals surface area contributed by atoms with E-state index >= 15 is 0 Å². The lowest BCUT2D eigenvalue weighted by molar-refractivity contribution is 0.310. The second-order valence-corrected chi connectivity index (χ2v) is 8.41. The Balaban J connectivity index is 1.39. The summed E-state index contributed by atoms with van der Waals surface area (Å²) in [4.78, 5) is 0. The first kappa shape index (κ1) is 23.1. The normalized spacial score (nSPS) is 18.6. The maximum Gasteiger partial charge on any atom is 0.200 e. The molecule has 1 aliphatic rings. The molecule has 0 saturated heterocycles. The fourth-order valence-electron chi connectivity index (χ4n) is 4.58. The van der Waals surface area contributed by atoms with Gasteiger partial charge in [0.15, 0.2) is 23.2 Å². The van der Waals surface area contributed by atoms with E-state index in [1.54, 1.807) is 25.1 Å². The van der Waals surface area contributed by atoms with Gasteiger partial charge >= 0.3 is 0 Å². The quantitative estimate of drug-likeness (QED) is 0.269. The number of rotatable bonds is 6. The molecule has 1 fully saturated rings. The van der Waals surface area contributed by atoms with Crippen LogP contribution in [0.4, 0.5) is 17.6 Å². The molecule has 3 aromatic carbocycles. The summed E-state index contributed by atoms with van der Waals surface area (Å²) in [5, 5.41) is 0. The van der Waals surface area contributed by atoms with Gasteiger partial charge in [0.05, 0.1) is 6.61 Å². The highest BCUT2D eigenvalue weighted by Crippen LogP contribution is 2.42. The van der Waals surface area contributed by atoms with Gasteiger partial charge in [-0.15, -0.1) is 0 Å². The van der Waals surface area contributed by atoms with E-state index in [9.17, 15) is 17.6 Å². The summed E-state index contributed by atoms with van der Waals surface area (Å²) >= 11 is 0. The van der Waals surface area contributed by atoms with Crippen molar-refractivity contribution in [2.45, 2.75) is 44.4 Å². The third kappa shape index (κ3) is 5.13. The molecular weight excluding hydrogens is 428 g/mol. The molecule has 33 heavy (non-hydrogen) atoms. The summed E-state index contributed by atoms with van der Waals surface area (Å²) in [6, 6.07) is 15.3. The van der Waals surface area contributed by atoms with Crippen molar-refractivity contribution in [3.63, 3.8) is 0 Å². The molecule has 1 aliphatic carbocycles. The first-order valence-electron chi connectivity index (χ1n) is 11.3. The molecule has 0 spiro atoms. The summed E-state index contributed by atoms with van der Waals surface area (Å²) in [6.45, 7) is 2.02. The van der Waals surface area contributed by atoms with Crippen molar-refractivity contribution in [2.75, 3.05) is 6.61 Å². The van der Waals surface area contributed by atoms with E-state index in [0.717, 1.165) is 37.3 Å². The Morgan fingerprint density at radius 1 is 0.758 bits per heavy atom. The van der Waals surface area contributed by atoms with Crippen LogP contribution in [0, 0.1) is 23.3 Å². The lowest BCUT2D eigenvalue weighted by atomic mass is 9.76. The molecule has 0 bridgehead atoms. The van der Waals surface area contributed by atoms with Crippen LogP contribution in [0.25, 0.3) is 12.2 Å². The maximum absolute atomic E-state index is 14.6. The van der Waals surface area contributed by atoms with Gasteiger partial charge in [0.25, 0.3) is 0 Å². The highest BCUT2D eigenvalue weighted by Gasteiger charge is 2.27. The molecule has 0 atom stereocenters. The highest BCUT2D eigenvalue weighted by molar-refractivity contribution is 5.70. The molecule has 0 aromatic heterocycles. The standard InChI is InChI=1S/C28H26F4O/c1-2-33-25-17-16-23(27(31)28(25)32)21-14-12-20(13-15-21)19-9-6-18(7-10-19)8-11-22-4-3-5-24(29)26(22)30/h3-11,16-17,20-21H,2,12-15H2,1H3/b11-8+. The van der Waals surface area contributed by atoms with E-state index in [2.05, 4.69) is 0 Å². The van der Waals surface area contributed by atoms with Crippen molar-refractivity contribution in [1.82, 2.24) is 0 Å². The van der Waals surface area contributed by atoms with Gasteiger partial charge in [-0.1, -0.05) is 54.6 Å². The molecular formula is C28H26F4O. The van der Waals surface area contributed by atoms with Gasteiger partial charge in [-0.25, -0.2) is 13.2 Å². The Labute approximate surface area is 191 Å². The van der Waals surface area contributed by atoms with Crippen LogP contribution < -0.4 is 4.74 Å². The minimum absolute atomic E-state index is 0.00482. The molecule has 0 radical (unpaired) electrons. The molecule has 1 saturated carbocycles. The number of hydrogen-bond acceptors (Lipinski definition) is 1. The van der Waals surface area contributed by atoms with Gasteiger partial charge in [0, 0.05) is 5.56 Å². The van der Waals surface area contributed by atoms with Crippen molar-refractivity contribution >= 4 is 12.2 Å². The Bertz CT molecular complexity index is 1130. The predicted molar refractivity (Wildman–Crippen MR) is 123 cm³/mol. The van der Waals surface area contributed by atoms with Crippen molar-refractivity contribution in [1.29, 1.82) is 0 Å². The van der Waals surface area contributed by atoms with Gasteiger partial charge in [-0.05, 0) is 73.3 Å². The number of benzene rings is 3. The third-order valence-corrected chi connectivity index (χ3v) is 6.39. The summed E-state index contributed by atoms with van der Waals surface area (Å²) in [6.07, 6.45) is 6.67. The van der Waals surface area contributed by atoms with Crippen LogP contribution in [0.2, 0.25) is 0 Å². The van der Waals surface area contributed by atoms with Crippen LogP contribution >= 0.6 is 0 Å². The molecule has 3 aromatic rings. The monoisotopic (exact) mass is 454 g/mol. The number of halogens is 4. The molecule has 0 heterocycles. The molecule has 4 rings (SSSR count). The van der Waals surface area contributed by atoms with E-state index in [0.29, 0.717) is 11.5 Å². The number of ether oxygens (including phenoxy) is 1. The Morgan fingerprint density at radius 3 is 2.15 bits per heavy atom. The van der Waals surface area contributed by atoms with Crippen molar-refractivity contribution < 1.29 is 22.3 Å².